The molecule has 7 heteroatoms. The van der Waals surface area contributed by atoms with Crippen LogP contribution in [0.4, 0.5) is 0 Å². The van der Waals surface area contributed by atoms with E-state index in [-0.39, 0.29) is 18.2 Å². The van der Waals surface area contributed by atoms with Gasteiger partial charge in [0.2, 0.25) is 0 Å². The van der Waals surface area contributed by atoms with Crippen molar-refractivity contribution in [2.24, 2.45) is 0 Å². The molecule has 0 aromatic heterocycles. The van der Waals surface area contributed by atoms with Crippen LogP contribution in [0.2, 0.25) is 0 Å². The van der Waals surface area contributed by atoms with E-state index in [1.807, 2.05) is 0 Å². The van der Waals surface area contributed by atoms with Crippen molar-refractivity contribution in [1.29, 1.82) is 0 Å². The average Bonchev–Trinajstić information content (AvgIpc) is 2.43. The van der Waals surface area contributed by atoms with Crippen LogP contribution in [0.25, 0.3) is 0 Å². The van der Waals surface area contributed by atoms with E-state index in [2.05, 4.69) is 25.8 Å². The number of imide groups is 1. The second-order valence-corrected chi connectivity index (χ2v) is 2.81. The van der Waals surface area contributed by atoms with E-state index in [0.29, 0.717) is 5.06 Å². The number of alkyl halides is 1. The second kappa shape index (κ2) is 4.33. The summed E-state index contributed by atoms with van der Waals surface area (Å²) in [4.78, 5) is 40.6. The number of nitrogens with zero attached hydrogens (tertiary/aromatic N) is 1. The molecule has 1 fully saturated rings. The first-order valence-corrected chi connectivity index (χ1v) is 4.56. The fraction of sp³-hybridized carbons (Fsp3) is 0.500. The monoisotopic (exact) mass is 251 g/mol. The third-order valence-electron chi connectivity index (χ3n) is 1.32. The molecule has 1 aliphatic rings. The highest BCUT2D eigenvalue weighted by atomic mass is 79.9. The Kier molecular flexibility index (Phi) is 3.38. The molecular formula is C6H6BrNO5. The predicted octanol–water partition coefficient (Wildman–Crippen LogP) is -0.0799. The number of carbonyl (C=O) groups is 3. The van der Waals surface area contributed by atoms with Crippen LogP contribution in [0.5, 0.6) is 0 Å². The fourth-order valence-electron chi connectivity index (χ4n) is 0.740. The lowest BCUT2D eigenvalue weighted by atomic mass is 10.4. The highest BCUT2D eigenvalue weighted by molar-refractivity contribution is 9.09. The topological polar surface area (TPSA) is 72.9 Å². The van der Waals surface area contributed by atoms with Crippen LogP contribution in [-0.2, 0) is 24.3 Å². The van der Waals surface area contributed by atoms with Gasteiger partial charge in [-0.3, -0.25) is 14.5 Å². The standard InChI is InChI=1S/C6H6BrNO5/c7-3-6(11)12-13-8-4(9)1-2-5(8)10/h1-3H2. The number of amides is 2. The molecule has 72 valence electrons. The minimum Gasteiger partial charge on any atom is -0.273 e. The first kappa shape index (κ1) is 10.1. The van der Waals surface area contributed by atoms with Crippen LogP contribution in [0, 0.1) is 0 Å². The molecule has 0 unspecified atom stereocenters. The Morgan fingerprint density at radius 2 is 1.92 bits per heavy atom. The van der Waals surface area contributed by atoms with Crippen molar-refractivity contribution in [3.8, 4) is 0 Å². The van der Waals surface area contributed by atoms with Gasteiger partial charge in [-0.15, -0.1) is 5.06 Å². The van der Waals surface area contributed by atoms with Gasteiger partial charge in [-0.1, -0.05) is 15.9 Å². The molecule has 13 heavy (non-hydrogen) atoms. The Morgan fingerprint density at radius 1 is 1.38 bits per heavy atom. The predicted molar refractivity (Wildman–Crippen MR) is 42.1 cm³/mol. The van der Waals surface area contributed by atoms with Crippen LogP contribution >= 0.6 is 15.9 Å². The summed E-state index contributed by atoms with van der Waals surface area (Å²) < 4.78 is 0. The maximum Gasteiger partial charge on any atom is 0.355 e. The van der Waals surface area contributed by atoms with Crippen LogP contribution in [0.1, 0.15) is 12.8 Å². The van der Waals surface area contributed by atoms with Crippen LogP contribution < -0.4 is 0 Å². The molecule has 0 aromatic rings. The lowest BCUT2D eigenvalue weighted by molar-refractivity contribution is -0.363. The van der Waals surface area contributed by atoms with E-state index in [1.165, 1.54) is 0 Å². The van der Waals surface area contributed by atoms with Gasteiger partial charge in [0.05, 0.1) is 0 Å². The molecule has 0 radical (unpaired) electrons. The highest BCUT2D eigenvalue weighted by Gasteiger charge is 2.32. The summed E-state index contributed by atoms with van der Waals surface area (Å²) in [5, 5.41) is 0.379. The summed E-state index contributed by atoms with van der Waals surface area (Å²) in [5.41, 5.74) is 0. The minimum atomic E-state index is -0.715. The molecule has 0 saturated carbocycles. The zero-order valence-electron chi connectivity index (χ0n) is 6.49. The lowest BCUT2D eigenvalue weighted by Gasteiger charge is -2.09. The van der Waals surface area contributed by atoms with E-state index in [0.717, 1.165) is 0 Å². The molecule has 0 N–H and O–H groups in total. The number of rotatable bonds is 3. The number of halogens is 1. The van der Waals surface area contributed by atoms with E-state index < -0.39 is 17.8 Å². The third kappa shape index (κ3) is 2.49. The summed E-state index contributed by atoms with van der Waals surface area (Å²) in [7, 11) is 0. The number of hydroxylamine groups is 2. The number of carbonyl (C=O) groups excluding carboxylic acids is 3. The average molecular weight is 252 g/mol. The van der Waals surface area contributed by atoms with Gasteiger partial charge in [-0.05, 0) is 4.99 Å². The zero-order valence-corrected chi connectivity index (χ0v) is 8.07. The largest absolute Gasteiger partial charge is 0.355 e. The van der Waals surface area contributed by atoms with E-state index >= 15 is 0 Å². The van der Waals surface area contributed by atoms with Crippen molar-refractivity contribution in [3.63, 3.8) is 0 Å². The molecule has 6 nitrogen and oxygen atoms in total. The number of hydrogen-bond donors (Lipinski definition) is 0. The van der Waals surface area contributed by atoms with Crippen LogP contribution in [-0.4, -0.2) is 28.2 Å². The lowest BCUT2D eigenvalue weighted by Crippen LogP contribution is -2.30. The zero-order chi connectivity index (χ0) is 9.84. The Labute approximate surface area is 81.8 Å². The molecular weight excluding hydrogens is 246 g/mol. The van der Waals surface area contributed by atoms with Gasteiger partial charge in [-0.25, -0.2) is 4.79 Å². The van der Waals surface area contributed by atoms with Crippen molar-refractivity contribution < 1.29 is 24.3 Å². The summed E-state index contributed by atoms with van der Waals surface area (Å²) >= 11 is 2.81. The van der Waals surface area contributed by atoms with E-state index in [4.69, 9.17) is 0 Å². The van der Waals surface area contributed by atoms with Gasteiger partial charge < -0.3 is 0 Å². The van der Waals surface area contributed by atoms with Gasteiger partial charge in [-0.2, -0.15) is 0 Å². The van der Waals surface area contributed by atoms with E-state index in [9.17, 15) is 14.4 Å². The molecule has 0 aromatic carbocycles. The normalized spacial score (nSPS) is 16.5. The van der Waals surface area contributed by atoms with Crippen molar-refractivity contribution in [3.05, 3.63) is 0 Å². The molecule has 2 amide bonds. The molecule has 1 heterocycles. The number of hydrogen-bond acceptors (Lipinski definition) is 5. The van der Waals surface area contributed by atoms with Crippen molar-refractivity contribution in [2.75, 3.05) is 5.33 Å². The molecule has 1 rings (SSSR count). The Hall–Kier alpha value is -0.950. The summed E-state index contributed by atoms with van der Waals surface area (Å²) in [5.74, 6) is -1.73. The molecule has 1 saturated heterocycles. The first-order valence-electron chi connectivity index (χ1n) is 3.44. The SMILES string of the molecule is O=C(CBr)OON1C(=O)CCC1=O. The summed E-state index contributed by atoms with van der Waals surface area (Å²) in [6, 6.07) is 0. The van der Waals surface area contributed by atoms with Crippen molar-refractivity contribution in [2.45, 2.75) is 12.8 Å². The Bertz CT molecular complexity index is 237. The van der Waals surface area contributed by atoms with Crippen molar-refractivity contribution in [1.82, 2.24) is 5.06 Å². The maximum atomic E-state index is 10.9. The van der Waals surface area contributed by atoms with Crippen LogP contribution in [0.15, 0.2) is 0 Å². The molecule has 0 aliphatic carbocycles. The second-order valence-electron chi connectivity index (χ2n) is 2.25. The fourth-order valence-corrected chi connectivity index (χ4v) is 0.834. The van der Waals surface area contributed by atoms with Gasteiger partial charge in [0, 0.05) is 12.8 Å². The van der Waals surface area contributed by atoms with Crippen molar-refractivity contribution >= 4 is 33.7 Å². The third-order valence-corrected chi connectivity index (χ3v) is 1.78. The van der Waals surface area contributed by atoms with Crippen LogP contribution in [0.3, 0.4) is 0 Å². The minimum absolute atomic E-state index is 0.0662. The first-order chi connectivity index (χ1) is 6.15. The van der Waals surface area contributed by atoms with Gasteiger partial charge >= 0.3 is 5.97 Å². The van der Waals surface area contributed by atoms with Gasteiger partial charge in [0.25, 0.3) is 11.8 Å². The summed E-state index contributed by atoms with van der Waals surface area (Å²) in [6.07, 6.45) is 0.176. The van der Waals surface area contributed by atoms with Gasteiger partial charge in [0.15, 0.2) is 0 Å². The molecule has 0 atom stereocenters. The quantitative estimate of drug-likeness (QED) is 0.304. The Morgan fingerprint density at radius 3 is 2.38 bits per heavy atom. The highest BCUT2D eigenvalue weighted by Crippen LogP contribution is 2.12. The maximum absolute atomic E-state index is 10.9. The molecule has 0 bridgehead atoms. The molecule has 0 spiro atoms. The van der Waals surface area contributed by atoms with Gasteiger partial charge in [0.1, 0.15) is 5.33 Å². The smallest absolute Gasteiger partial charge is 0.273 e. The summed E-state index contributed by atoms with van der Waals surface area (Å²) in [6.45, 7) is 0. The Balaban J connectivity index is 2.40. The van der Waals surface area contributed by atoms with E-state index in [1.54, 1.807) is 0 Å². The molecule has 1 aliphatic heterocycles.